The first-order chi connectivity index (χ1) is 8.52. The van der Waals surface area contributed by atoms with E-state index in [9.17, 15) is 9.59 Å². The summed E-state index contributed by atoms with van der Waals surface area (Å²) in [7, 11) is 1.30. The Morgan fingerprint density at radius 3 is 2.83 bits per heavy atom. The van der Waals surface area contributed by atoms with Crippen LogP contribution in [0.25, 0.3) is 0 Å². The second-order valence-corrected chi connectivity index (χ2v) is 4.62. The summed E-state index contributed by atoms with van der Waals surface area (Å²) in [6.07, 6.45) is 0.117. The zero-order valence-corrected chi connectivity index (χ0v) is 11.0. The van der Waals surface area contributed by atoms with Gasteiger partial charge < -0.3 is 9.64 Å². The molecule has 7 heteroatoms. The molecule has 1 fully saturated rings. The van der Waals surface area contributed by atoms with Crippen LogP contribution in [0.3, 0.4) is 0 Å². The van der Waals surface area contributed by atoms with Gasteiger partial charge in [-0.25, -0.2) is 4.98 Å². The van der Waals surface area contributed by atoms with Gasteiger partial charge in [-0.3, -0.25) is 9.59 Å². The molecule has 0 bridgehead atoms. The van der Waals surface area contributed by atoms with Gasteiger partial charge in [0.2, 0.25) is 5.91 Å². The Balaban J connectivity index is 2.24. The Kier molecular flexibility index (Phi) is 3.73. The molecule has 1 saturated heterocycles. The number of esters is 1. The maximum Gasteiger partial charge on any atom is 0.311 e. The van der Waals surface area contributed by atoms with Crippen LogP contribution < -0.4 is 4.90 Å². The molecule has 0 N–H and O–H groups in total. The summed E-state index contributed by atoms with van der Waals surface area (Å²) in [4.78, 5) is 28.5. The number of halogens is 2. The zero-order valence-electron chi connectivity index (χ0n) is 9.52. The fourth-order valence-electron chi connectivity index (χ4n) is 1.87. The lowest BCUT2D eigenvalue weighted by atomic mass is 10.1. The molecule has 1 aromatic rings. The van der Waals surface area contributed by atoms with Crippen LogP contribution in [0.1, 0.15) is 6.42 Å². The van der Waals surface area contributed by atoms with E-state index >= 15 is 0 Å². The second kappa shape index (κ2) is 5.12. The number of aromatic nitrogens is 1. The number of amides is 1. The van der Waals surface area contributed by atoms with Crippen LogP contribution >= 0.6 is 23.2 Å². The van der Waals surface area contributed by atoms with Crippen molar-refractivity contribution in [2.45, 2.75) is 6.42 Å². The molecule has 96 valence electrons. The second-order valence-electron chi connectivity index (χ2n) is 3.87. The lowest BCUT2D eigenvalue weighted by Crippen LogP contribution is -2.26. The van der Waals surface area contributed by atoms with Crippen LogP contribution in [0.2, 0.25) is 10.3 Å². The predicted octanol–water partition coefficient (Wildman–Crippen LogP) is 1.91. The fourth-order valence-corrected chi connectivity index (χ4v) is 2.32. The van der Waals surface area contributed by atoms with Crippen molar-refractivity contribution in [3.8, 4) is 0 Å². The van der Waals surface area contributed by atoms with Crippen molar-refractivity contribution in [1.29, 1.82) is 0 Å². The molecule has 0 radical (unpaired) electrons. The first-order valence-electron chi connectivity index (χ1n) is 5.23. The zero-order chi connectivity index (χ0) is 13.3. The van der Waals surface area contributed by atoms with E-state index in [0.29, 0.717) is 5.69 Å². The first-order valence-corrected chi connectivity index (χ1v) is 5.98. The van der Waals surface area contributed by atoms with E-state index in [1.807, 2.05) is 0 Å². The largest absolute Gasteiger partial charge is 0.469 e. The van der Waals surface area contributed by atoms with Crippen LogP contribution in [-0.4, -0.2) is 30.5 Å². The van der Waals surface area contributed by atoms with Gasteiger partial charge in [-0.1, -0.05) is 23.2 Å². The third kappa shape index (κ3) is 2.42. The van der Waals surface area contributed by atoms with E-state index in [-0.39, 0.29) is 29.2 Å². The molecule has 0 spiro atoms. The lowest BCUT2D eigenvalue weighted by Gasteiger charge is -2.17. The Morgan fingerprint density at radius 1 is 1.50 bits per heavy atom. The van der Waals surface area contributed by atoms with Gasteiger partial charge in [-0.05, 0) is 12.1 Å². The summed E-state index contributed by atoms with van der Waals surface area (Å²) in [5.74, 6) is -1.05. The molecule has 0 aliphatic carbocycles. The van der Waals surface area contributed by atoms with Gasteiger partial charge in [0.25, 0.3) is 0 Å². The summed E-state index contributed by atoms with van der Waals surface area (Å²) in [5, 5.41) is 0.390. The average Bonchev–Trinajstić information content (AvgIpc) is 2.70. The highest BCUT2D eigenvalue weighted by molar-refractivity contribution is 6.34. The van der Waals surface area contributed by atoms with Gasteiger partial charge in [0.1, 0.15) is 5.15 Å². The van der Waals surface area contributed by atoms with Crippen molar-refractivity contribution in [1.82, 2.24) is 4.98 Å². The van der Waals surface area contributed by atoms with Gasteiger partial charge >= 0.3 is 5.97 Å². The molecule has 1 unspecified atom stereocenters. The van der Waals surface area contributed by atoms with E-state index in [1.54, 1.807) is 12.1 Å². The number of rotatable bonds is 2. The molecular weight excluding hydrogens is 279 g/mol. The van der Waals surface area contributed by atoms with E-state index in [1.165, 1.54) is 12.0 Å². The van der Waals surface area contributed by atoms with Crippen molar-refractivity contribution in [3.63, 3.8) is 0 Å². The number of hydrogen-bond acceptors (Lipinski definition) is 4. The van der Waals surface area contributed by atoms with Crippen LogP contribution in [0.4, 0.5) is 5.69 Å². The summed E-state index contributed by atoms with van der Waals surface area (Å²) in [6, 6.07) is 3.15. The molecule has 18 heavy (non-hydrogen) atoms. The fraction of sp³-hybridized carbons (Fsp3) is 0.364. The minimum Gasteiger partial charge on any atom is -0.469 e. The topological polar surface area (TPSA) is 59.5 Å². The normalized spacial score (nSPS) is 19.2. The maximum atomic E-state index is 11.8. The van der Waals surface area contributed by atoms with Crippen molar-refractivity contribution >= 4 is 40.8 Å². The standard InChI is InChI=1S/C11H10Cl2N2O3/c1-18-11(17)6-4-9(16)15(5-6)7-2-3-8(12)14-10(7)13/h2-3,6H,4-5H2,1H3. The summed E-state index contributed by atoms with van der Waals surface area (Å²) in [5.41, 5.74) is 0.456. The average molecular weight is 289 g/mol. The number of ether oxygens (including phenoxy) is 1. The number of carbonyl (C=O) groups excluding carboxylic acids is 2. The third-order valence-corrected chi connectivity index (χ3v) is 3.23. The minimum atomic E-state index is -0.464. The molecule has 1 aliphatic rings. The highest BCUT2D eigenvalue weighted by Crippen LogP contribution is 2.31. The number of methoxy groups -OCH3 is 1. The SMILES string of the molecule is COC(=O)C1CC(=O)N(c2ccc(Cl)nc2Cl)C1. The van der Waals surface area contributed by atoms with Crippen molar-refractivity contribution in [2.75, 3.05) is 18.6 Å². The Morgan fingerprint density at radius 2 is 2.22 bits per heavy atom. The van der Waals surface area contributed by atoms with Crippen molar-refractivity contribution in [3.05, 3.63) is 22.4 Å². The van der Waals surface area contributed by atoms with Crippen LogP contribution in [-0.2, 0) is 14.3 Å². The van der Waals surface area contributed by atoms with E-state index in [4.69, 9.17) is 23.2 Å². The minimum absolute atomic E-state index is 0.117. The Bertz CT molecular complexity index is 507. The number of anilines is 1. The summed E-state index contributed by atoms with van der Waals surface area (Å²) < 4.78 is 4.63. The monoisotopic (exact) mass is 288 g/mol. The van der Waals surface area contributed by atoms with Gasteiger partial charge in [-0.15, -0.1) is 0 Å². The molecule has 2 heterocycles. The molecule has 1 aliphatic heterocycles. The molecule has 0 saturated carbocycles. The number of nitrogens with zero attached hydrogens (tertiary/aromatic N) is 2. The molecule has 1 atom stereocenters. The van der Waals surface area contributed by atoms with Gasteiger partial charge in [-0.2, -0.15) is 0 Å². The Labute approximate surface area is 114 Å². The highest BCUT2D eigenvalue weighted by atomic mass is 35.5. The number of pyridine rings is 1. The number of hydrogen-bond donors (Lipinski definition) is 0. The lowest BCUT2D eigenvalue weighted by molar-refractivity contribution is -0.145. The predicted molar refractivity (Wildman–Crippen MR) is 66.7 cm³/mol. The molecule has 1 amide bonds. The molecule has 1 aromatic heterocycles. The van der Waals surface area contributed by atoms with Crippen LogP contribution in [0.15, 0.2) is 12.1 Å². The number of carbonyl (C=O) groups is 2. The quantitative estimate of drug-likeness (QED) is 0.616. The summed E-state index contributed by atoms with van der Waals surface area (Å²) >= 11 is 11.6. The first kappa shape index (κ1) is 13.1. The van der Waals surface area contributed by atoms with Gasteiger partial charge in [0.05, 0.1) is 18.7 Å². The Hall–Kier alpha value is -1.33. The van der Waals surface area contributed by atoms with Crippen molar-refractivity contribution in [2.24, 2.45) is 5.92 Å². The van der Waals surface area contributed by atoms with Crippen LogP contribution in [0.5, 0.6) is 0 Å². The van der Waals surface area contributed by atoms with Gasteiger partial charge in [0, 0.05) is 13.0 Å². The van der Waals surface area contributed by atoms with Crippen LogP contribution in [0, 0.1) is 5.92 Å². The van der Waals surface area contributed by atoms with Crippen molar-refractivity contribution < 1.29 is 14.3 Å². The smallest absolute Gasteiger partial charge is 0.311 e. The molecular formula is C11H10Cl2N2O3. The molecule has 2 rings (SSSR count). The van der Waals surface area contributed by atoms with E-state index in [0.717, 1.165) is 0 Å². The summed E-state index contributed by atoms with van der Waals surface area (Å²) in [6.45, 7) is 0.245. The third-order valence-electron chi connectivity index (χ3n) is 2.75. The molecule has 5 nitrogen and oxygen atoms in total. The maximum absolute atomic E-state index is 11.8. The highest BCUT2D eigenvalue weighted by Gasteiger charge is 2.36. The van der Waals surface area contributed by atoms with Gasteiger partial charge in [0.15, 0.2) is 5.15 Å². The van der Waals surface area contributed by atoms with E-state index < -0.39 is 11.9 Å². The molecule has 0 aromatic carbocycles. The van der Waals surface area contributed by atoms with E-state index in [2.05, 4.69) is 9.72 Å².